The second kappa shape index (κ2) is 5.71. The van der Waals surface area contributed by atoms with Gasteiger partial charge in [0.1, 0.15) is 6.10 Å². The summed E-state index contributed by atoms with van der Waals surface area (Å²) in [7, 11) is 0. The van der Waals surface area contributed by atoms with E-state index in [1.54, 1.807) is 12.2 Å². The smallest absolute Gasteiger partial charge is 0.252 e. The lowest BCUT2D eigenvalue weighted by Crippen LogP contribution is -2.45. The first kappa shape index (κ1) is 13.9. The van der Waals surface area contributed by atoms with Crippen molar-refractivity contribution in [1.29, 1.82) is 0 Å². The highest BCUT2D eigenvalue weighted by atomic mass is 16.3. The molecule has 0 fully saturated rings. The molecule has 1 N–H and O–H groups in total. The number of hydrogen-bond acceptors (Lipinski definition) is 2. The zero-order chi connectivity index (χ0) is 12.1. The van der Waals surface area contributed by atoms with Gasteiger partial charge in [-0.2, -0.15) is 0 Å². The summed E-state index contributed by atoms with van der Waals surface area (Å²) in [6, 6.07) is 0. The van der Waals surface area contributed by atoms with E-state index in [0.717, 1.165) is 0 Å². The van der Waals surface area contributed by atoms with Crippen LogP contribution < -0.4 is 0 Å². The molecule has 0 saturated heterocycles. The summed E-state index contributed by atoms with van der Waals surface area (Å²) in [5.74, 6) is -0.276. The monoisotopic (exact) mass is 211 g/mol. The predicted octanol–water partition coefficient (Wildman–Crippen LogP) is 1.59. The second-order valence-corrected chi connectivity index (χ2v) is 4.59. The molecule has 15 heavy (non-hydrogen) atoms. The normalized spacial score (nSPS) is 13.1. The molecular weight excluding hydrogens is 190 g/mol. The fourth-order valence-electron chi connectivity index (χ4n) is 1.11. The summed E-state index contributed by atoms with van der Waals surface area (Å²) in [5, 5.41) is 9.82. The van der Waals surface area contributed by atoms with Crippen molar-refractivity contribution in [2.24, 2.45) is 5.41 Å². The maximum atomic E-state index is 11.9. The standard InChI is InChI=1S/C12H21NO2/c1-6-8-13(9-7-2)11(15)10(14)12(3,4)5/h6-7,10,14H,1-2,8-9H2,3-5H3. The third-order valence-corrected chi connectivity index (χ3v) is 2.06. The summed E-state index contributed by atoms with van der Waals surface area (Å²) >= 11 is 0. The Balaban J connectivity index is 4.62. The van der Waals surface area contributed by atoms with Gasteiger partial charge in [-0.15, -0.1) is 13.2 Å². The number of hydrogen-bond donors (Lipinski definition) is 1. The molecule has 0 spiro atoms. The van der Waals surface area contributed by atoms with Crippen LogP contribution >= 0.6 is 0 Å². The minimum atomic E-state index is -0.989. The minimum Gasteiger partial charge on any atom is -0.383 e. The molecule has 1 unspecified atom stereocenters. The van der Waals surface area contributed by atoms with E-state index in [1.807, 2.05) is 20.8 Å². The van der Waals surface area contributed by atoms with Crippen molar-refractivity contribution in [3.8, 4) is 0 Å². The van der Waals surface area contributed by atoms with Crippen LogP contribution in [0.3, 0.4) is 0 Å². The van der Waals surface area contributed by atoms with E-state index in [1.165, 1.54) is 4.90 Å². The third kappa shape index (κ3) is 4.30. The van der Waals surface area contributed by atoms with Gasteiger partial charge in [-0.05, 0) is 5.41 Å². The quantitative estimate of drug-likeness (QED) is 0.702. The number of rotatable bonds is 5. The van der Waals surface area contributed by atoms with E-state index in [9.17, 15) is 9.90 Å². The molecule has 0 aromatic rings. The second-order valence-electron chi connectivity index (χ2n) is 4.59. The van der Waals surface area contributed by atoms with E-state index in [4.69, 9.17) is 0 Å². The SMILES string of the molecule is C=CCN(CC=C)C(=O)C(O)C(C)(C)C. The molecule has 3 nitrogen and oxygen atoms in total. The minimum absolute atomic E-state index is 0.276. The van der Waals surface area contributed by atoms with Crippen molar-refractivity contribution < 1.29 is 9.90 Å². The third-order valence-electron chi connectivity index (χ3n) is 2.06. The molecule has 0 aliphatic rings. The van der Waals surface area contributed by atoms with Crippen molar-refractivity contribution in [2.75, 3.05) is 13.1 Å². The zero-order valence-electron chi connectivity index (χ0n) is 9.86. The number of aliphatic hydroxyl groups excluding tert-OH is 1. The molecule has 3 heteroatoms. The van der Waals surface area contributed by atoms with Crippen LogP contribution in [0.5, 0.6) is 0 Å². The number of carbonyl (C=O) groups excluding carboxylic acids is 1. The highest BCUT2D eigenvalue weighted by Crippen LogP contribution is 2.20. The van der Waals surface area contributed by atoms with Crippen molar-refractivity contribution in [3.05, 3.63) is 25.3 Å². The van der Waals surface area contributed by atoms with Crippen LogP contribution in [0, 0.1) is 5.41 Å². The fraction of sp³-hybridized carbons (Fsp3) is 0.583. The van der Waals surface area contributed by atoms with Gasteiger partial charge in [-0.3, -0.25) is 4.79 Å². The molecule has 0 heterocycles. The summed E-state index contributed by atoms with van der Waals surface area (Å²) in [6.07, 6.45) is 2.28. The van der Waals surface area contributed by atoms with Gasteiger partial charge in [0.2, 0.25) is 0 Å². The molecule has 1 atom stereocenters. The number of carbonyl (C=O) groups is 1. The fourth-order valence-corrected chi connectivity index (χ4v) is 1.11. The van der Waals surface area contributed by atoms with Crippen molar-refractivity contribution in [2.45, 2.75) is 26.9 Å². The van der Waals surface area contributed by atoms with Crippen LogP contribution in [0.15, 0.2) is 25.3 Å². The Hall–Kier alpha value is -1.09. The predicted molar refractivity (Wildman–Crippen MR) is 62.4 cm³/mol. The first-order chi connectivity index (χ1) is 6.84. The van der Waals surface area contributed by atoms with Gasteiger partial charge in [0.15, 0.2) is 0 Å². The van der Waals surface area contributed by atoms with E-state index in [0.29, 0.717) is 13.1 Å². The van der Waals surface area contributed by atoms with Crippen LogP contribution in [0.1, 0.15) is 20.8 Å². The molecule has 1 amide bonds. The molecule has 0 saturated carbocycles. The Morgan fingerprint density at radius 2 is 1.73 bits per heavy atom. The van der Waals surface area contributed by atoms with Gasteiger partial charge in [0, 0.05) is 13.1 Å². The van der Waals surface area contributed by atoms with Crippen molar-refractivity contribution in [3.63, 3.8) is 0 Å². The first-order valence-corrected chi connectivity index (χ1v) is 5.03. The largest absolute Gasteiger partial charge is 0.383 e. The van der Waals surface area contributed by atoms with Crippen molar-refractivity contribution in [1.82, 2.24) is 4.90 Å². The van der Waals surface area contributed by atoms with Gasteiger partial charge in [-0.1, -0.05) is 32.9 Å². The Morgan fingerprint density at radius 3 is 2.00 bits per heavy atom. The van der Waals surface area contributed by atoms with E-state index < -0.39 is 11.5 Å². The Morgan fingerprint density at radius 1 is 1.33 bits per heavy atom. The first-order valence-electron chi connectivity index (χ1n) is 5.03. The van der Waals surface area contributed by atoms with Gasteiger partial charge in [-0.25, -0.2) is 0 Å². The number of aliphatic hydroxyl groups is 1. The Labute approximate surface area is 92.1 Å². The molecule has 0 bridgehead atoms. The molecule has 0 aliphatic carbocycles. The van der Waals surface area contributed by atoms with E-state index >= 15 is 0 Å². The zero-order valence-corrected chi connectivity index (χ0v) is 9.86. The lowest BCUT2D eigenvalue weighted by Gasteiger charge is -2.30. The number of amides is 1. The lowest BCUT2D eigenvalue weighted by atomic mass is 9.88. The molecule has 0 radical (unpaired) electrons. The maximum Gasteiger partial charge on any atom is 0.252 e. The Kier molecular flexibility index (Phi) is 5.29. The van der Waals surface area contributed by atoms with Gasteiger partial charge >= 0.3 is 0 Å². The van der Waals surface area contributed by atoms with Crippen molar-refractivity contribution >= 4 is 5.91 Å². The lowest BCUT2D eigenvalue weighted by molar-refractivity contribution is -0.144. The molecule has 0 aromatic heterocycles. The summed E-state index contributed by atoms with van der Waals surface area (Å²) in [5.41, 5.74) is -0.447. The Bertz CT molecular complexity index is 230. The summed E-state index contributed by atoms with van der Waals surface area (Å²) in [4.78, 5) is 13.4. The molecule has 0 aliphatic heterocycles. The maximum absolute atomic E-state index is 11.9. The van der Waals surface area contributed by atoms with Gasteiger partial charge < -0.3 is 10.0 Å². The van der Waals surface area contributed by atoms with Crippen LogP contribution in [0.2, 0.25) is 0 Å². The van der Waals surface area contributed by atoms with Crippen LogP contribution in [0.25, 0.3) is 0 Å². The summed E-state index contributed by atoms with van der Waals surface area (Å²) < 4.78 is 0. The molecular formula is C12H21NO2. The topological polar surface area (TPSA) is 40.5 Å². The molecule has 0 rings (SSSR count). The van der Waals surface area contributed by atoms with Crippen LogP contribution in [-0.2, 0) is 4.79 Å². The average molecular weight is 211 g/mol. The average Bonchev–Trinajstić information content (AvgIpc) is 2.14. The molecule has 86 valence electrons. The highest BCUT2D eigenvalue weighted by Gasteiger charge is 2.31. The summed E-state index contributed by atoms with van der Waals surface area (Å²) in [6.45, 7) is 13.5. The van der Waals surface area contributed by atoms with E-state index in [2.05, 4.69) is 13.2 Å². The highest BCUT2D eigenvalue weighted by molar-refractivity contribution is 5.81. The van der Waals surface area contributed by atoms with Crippen LogP contribution in [-0.4, -0.2) is 35.1 Å². The van der Waals surface area contributed by atoms with Gasteiger partial charge in [0.25, 0.3) is 5.91 Å². The van der Waals surface area contributed by atoms with E-state index in [-0.39, 0.29) is 5.91 Å². The molecule has 0 aromatic carbocycles. The van der Waals surface area contributed by atoms with Gasteiger partial charge in [0.05, 0.1) is 0 Å². The van der Waals surface area contributed by atoms with Crippen LogP contribution in [0.4, 0.5) is 0 Å². The number of nitrogens with zero attached hydrogens (tertiary/aromatic N) is 1.